The monoisotopic (exact) mass is 219 g/mol. The third-order valence-electron chi connectivity index (χ3n) is 3.49. The summed E-state index contributed by atoms with van der Waals surface area (Å²) in [7, 11) is 0. The van der Waals surface area contributed by atoms with E-state index in [9.17, 15) is 0 Å². The Balaban J connectivity index is 2.33. The van der Waals surface area contributed by atoms with Crippen LogP contribution in [0.5, 0.6) is 5.75 Å². The Bertz CT molecular complexity index is 364. The van der Waals surface area contributed by atoms with Gasteiger partial charge in [-0.15, -0.1) is 0 Å². The van der Waals surface area contributed by atoms with Gasteiger partial charge < -0.3 is 10.1 Å². The lowest BCUT2D eigenvalue weighted by molar-refractivity contribution is 0.0446. The lowest BCUT2D eigenvalue weighted by Gasteiger charge is -2.39. The molecule has 0 aromatic heterocycles. The van der Waals surface area contributed by atoms with Gasteiger partial charge in [-0.05, 0) is 26.0 Å². The van der Waals surface area contributed by atoms with Crippen molar-refractivity contribution < 1.29 is 4.74 Å². The minimum absolute atomic E-state index is 0.0266. The molecule has 16 heavy (non-hydrogen) atoms. The molecule has 2 rings (SSSR count). The van der Waals surface area contributed by atoms with Crippen molar-refractivity contribution in [2.24, 2.45) is 0 Å². The molecule has 2 atom stereocenters. The van der Waals surface area contributed by atoms with E-state index in [4.69, 9.17) is 4.74 Å². The van der Waals surface area contributed by atoms with Crippen molar-refractivity contribution in [3.8, 4) is 5.75 Å². The third kappa shape index (κ3) is 2.07. The van der Waals surface area contributed by atoms with Gasteiger partial charge in [-0.2, -0.15) is 0 Å². The van der Waals surface area contributed by atoms with E-state index < -0.39 is 0 Å². The molecule has 0 radical (unpaired) electrons. The molecule has 1 N–H and O–H groups in total. The summed E-state index contributed by atoms with van der Waals surface area (Å²) in [5.74, 6) is 1.05. The number of hydrogen-bond donors (Lipinski definition) is 1. The van der Waals surface area contributed by atoms with Crippen LogP contribution in [-0.2, 0) is 0 Å². The highest BCUT2D eigenvalue weighted by atomic mass is 16.5. The second-order valence-electron chi connectivity index (χ2n) is 4.76. The SMILES string of the molecule is CCNC1CC(C)(CC)Oc2ccccc21. The molecule has 1 aromatic rings. The Hall–Kier alpha value is -1.02. The summed E-state index contributed by atoms with van der Waals surface area (Å²) in [6.45, 7) is 7.55. The Kier molecular flexibility index (Phi) is 3.20. The minimum Gasteiger partial charge on any atom is -0.487 e. The first kappa shape index (κ1) is 11.5. The smallest absolute Gasteiger partial charge is 0.124 e. The highest BCUT2D eigenvalue weighted by molar-refractivity contribution is 5.38. The van der Waals surface area contributed by atoms with Crippen LogP contribution in [0.15, 0.2) is 24.3 Å². The minimum atomic E-state index is -0.0266. The standard InChI is InChI=1S/C14H21NO/c1-4-14(3)10-12(15-5-2)11-8-6-7-9-13(11)16-14/h6-9,12,15H,4-5,10H2,1-3H3. The van der Waals surface area contributed by atoms with Gasteiger partial charge in [0.25, 0.3) is 0 Å². The maximum absolute atomic E-state index is 6.11. The average Bonchev–Trinajstić information content (AvgIpc) is 2.29. The summed E-state index contributed by atoms with van der Waals surface area (Å²) in [6, 6.07) is 8.80. The van der Waals surface area contributed by atoms with Crippen molar-refractivity contribution in [1.82, 2.24) is 5.32 Å². The number of rotatable bonds is 3. The van der Waals surface area contributed by atoms with Gasteiger partial charge in [0, 0.05) is 18.0 Å². The molecule has 1 aliphatic rings. The summed E-state index contributed by atoms with van der Waals surface area (Å²) in [6.07, 6.45) is 2.09. The molecule has 1 aromatic carbocycles. The van der Waals surface area contributed by atoms with E-state index >= 15 is 0 Å². The van der Waals surface area contributed by atoms with Gasteiger partial charge in [-0.1, -0.05) is 32.0 Å². The normalized spacial score (nSPS) is 28.3. The molecule has 2 unspecified atom stereocenters. The zero-order chi connectivity index (χ0) is 11.6. The van der Waals surface area contributed by atoms with Crippen molar-refractivity contribution in [2.45, 2.75) is 45.3 Å². The Morgan fingerprint density at radius 2 is 2.12 bits per heavy atom. The largest absolute Gasteiger partial charge is 0.487 e. The molecule has 0 amide bonds. The van der Waals surface area contributed by atoms with E-state index in [2.05, 4.69) is 44.3 Å². The van der Waals surface area contributed by atoms with Crippen LogP contribution in [0, 0.1) is 0 Å². The van der Waals surface area contributed by atoms with E-state index in [0.29, 0.717) is 6.04 Å². The van der Waals surface area contributed by atoms with Crippen LogP contribution >= 0.6 is 0 Å². The molecule has 0 fully saturated rings. The number of nitrogens with one attached hydrogen (secondary N) is 1. The molecule has 0 saturated carbocycles. The number of ether oxygens (including phenoxy) is 1. The van der Waals surface area contributed by atoms with E-state index in [1.54, 1.807) is 0 Å². The summed E-state index contributed by atoms with van der Waals surface area (Å²) in [5, 5.41) is 3.55. The molecule has 0 bridgehead atoms. The van der Waals surface area contributed by atoms with E-state index in [-0.39, 0.29) is 5.60 Å². The molecule has 1 heterocycles. The maximum Gasteiger partial charge on any atom is 0.124 e. The summed E-state index contributed by atoms with van der Waals surface area (Å²) >= 11 is 0. The Morgan fingerprint density at radius 1 is 1.38 bits per heavy atom. The fourth-order valence-corrected chi connectivity index (χ4v) is 2.36. The molecule has 0 aliphatic carbocycles. The summed E-state index contributed by atoms with van der Waals surface area (Å²) < 4.78 is 6.11. The number of hydrogen-bond acceptors (Lipinski definition) is 2. The second kappa shape index (κ2) is 4.46. The zero-order valence-electron chi connectivity index (χ0n) is 10.4. The first-order chi connectivity index (χ1) is 7.68. The van der Waals surface area contributed by atoms with Crippen LogP contribution in [0.2, 0.25) is 0 Å². The van der Waals surface area contributed by atoms with E-state index in [1.165, 1.54) is 5.56 Å². The average molecular weight is 219 g/mol. The molecule has 2 nitrogen and oxygen atoms in total. The van der Waals surface area contributed by atoms with E-state index in [0.717, 1.165) is 25.1 Å². The van der Waals surface area contributed by atoms with Crippen molar-refractivity contribution in [3.05, 3.63) is 29.8 Å². The number of benzene rings is 1. The lowest BCUT2D eigenvalue weighted by atomic mass is 9.87. The molecular formula is C14H21NO. The van der Waals surface area contributed by atoms with Gasteiger partial charge in [0.05, 0.1) is 0 Å². The van der Waals surface area contributed by atoms with Crippen LogP contribution in [0.3, 0.4) is 0 Å². The molecular weight excluding hydrogens is 198 g/mol. The van der Waals surface area contributed by atoms with Crippen molar-refractivity contribution in [1.29, 1.82) is 0 Å². The van der Waals surface area contributed by atoms with Crippen LogP contribution in [-0.4, -0.2) is 12.1 Å². The molecule has 0 saturated heterocycles. The van der Waals surface area contributed by atoms with Crippen molar-refractivity contribution in [3.63, 3.8) is 0 Å². The first-order valence-corrected chi connectivity index (χ1v) is 6.20. The second-order valence-corrected chi connectivity index (χ2v) is 4.76. The van der Waals surface area contributed by atoms with Gasteiger partial charge in [-0.3, -0.25) is 0 Å². The molecule has 1 aliphatic heterocycles. The van der Waals surface area contributed by atoms with Crippen molar-refractivity contribution >= 4 is 0 Å². The first-order valence-electron chi connectivity index (χ1n) is 6.20. The van der Waals surface area contributed by atoms with Gasteiger partial charge in [0.1, 0.15) is 11.4 Å². The number of para-hydroxylation sites is 1. The fraction of sp³-hybridized carbons (Fsp3) is 0.571. The fourth-order valence-electron chi connectivity index (χ4n) is 2.36. The predicted octanol–water partition coefficient (Wildman–Crippen LogP) is 3.29. The summed E-state index contributed by atoms with van der Waals surface area (Å²) in [5.41, 5.74) is 1.27. The molecule has 88 valence electrons. The third-order valence-corrected chi connectivity index (χ3v) is 3.49. The maximum atomic E-state index is 6.11. The topological polar surface area (TPSA) is 21.3 Å². The number of fused-ring (bicyclic) bond motifs is 1. The zero-order valence-corrected chi connectivity index (χ0v) is 10.4. The molecule has 0 spiro atoms. The Morgan fingerprint density at radius 3 is 2.81 bits per heavy atom. The van der Waals surface area contributed by atoms with Gasteiger partial charge in [0.2, 0.25) is 0 Å². The highest BCUT2D eigenvalue weighted by Gasteiger charge is 2.35. The predicted molar refractivity (Wildman–Crippen MR) is 66.8 cm³/mol. The van der Waals surface area contributed by atoms with Crippen LogP contribution in [0.1, 0.15) is 45.2 Å². The Labute approximate surface area is 98.0 Å². The van der Waals surface area contributed by atoms with Gasteiger partial charge >= 0.3 is 0 Å². The van der Waals surface area contributed by atoms with Gasteiger partial charge in [-0.25, -0.2) is 0 Å². The highest BCUT2D eigenvalue weighted by Crippen LogP contribution is 2.40. The van der Waals surface area contributed by atoms with Crippen LogP contribution < -0.4 is 10.1 Å². The quantitative estimate of drug-likeness (QED) is 0.842. The van der Waals surface area contributed by atoms with Crippen LogP contribution in [0.4, 0.5) is 0 Å². The van der Waals surface area contributed by atoms with Crippen molar-refractivity contribution in [2.75, 3.05) is 6.54 Å². The molecule has 2 heteroatoms. The van der Waals surface area contributed by atoms with Crippen LogP contribution in [0.25, 0.3) is 0 Å². The van der Waals surface area contributed by atoms with Gasteiger partial charge in [0.15, 0.2) is 0 Å². The lowest BCUT2D eigenvalue weighted by Crippen LogP contribution is -2.41. The van der Waals surface area contributed by atoms with E-state index in [1.807, 2.05) is 6.07 Å². The summed E-state index contributed by atoms with van der Waals surface area (Å²) in [4.78, 5) is 0.